The molecule has 0 saturated heterocycles. The van der Waals surface area contributed by atoms with E-state index in [2.05, 4.69) is 32.2 Å². The minimum absolute atomic E-state index is 0.280. The lowest BCUT2D eigenvalue weighted by Gasteiger charge is -2.46. The summed E-state index contributed by atoms with van der Waals surface area (Å²) in [7, 11) is 0. The molecular weight excluding hydrogens is 371 g/mol. The van der Waals surface area contributed by atoms with Crippen molar-refractivity contribution in [1.29, 1.82) is 0 Å². The summed E-state index contributed by atoms with van der Waals surface area (Å²) in [6.07, 6.45) is 8.11. The average Bonchev–Trinajstić information content (AvgIpc) is 2.71. The molecule has 7 nitrogen and oxygen atoms in total. The number of nitrogens with zero attached hydrogens (tertiary/aromatic N) is 4. The molecule has 1 fully saturated rings. The maximum absolute atomic E-state index is 14.3. The van der Waals surface area contributed by atoms with Gasteiger partial charge in [0.05, 0.1) is 11.4 Å². The first kappa shape index (κ1) is 18.9. The number of primary amides is 1. The molecule has 3 aromatic heterocycles. The summed E-state index contributed by atoms with van der Waals surface area (Å²) < 4.78 is 14.3. The van der Waals surface area contributed by atoms with Gasteiger partial charge in [-0.1, -0.05) is 6.92 Å². The van der Waals surface area contributed by atoms with Crippen molar-refractivity contribution >= 4 is 11.9 Å². The third-order valence-electron chi connectivity index (χ3n) is 5.32. The Bertz CT molecular complexity index is 1030. The predicted octanol–water partition coefficient (Wildman–Crippen LogP) is 2.95. The smallest absolute Gasteiger partial charge is 0.248 e. The fraction of sp³-hybridized carbons (Fsp3) is 0.286. The lowest BCUT2D eigenvalue weighted by molar-refractivity contribution is 0.1000. The number of nitrogens with two attached hydrogens (primary N) is 1. The molecule has 1 amide bonds. The molecular formula is C21H21FN6O. The van der Waals surface area contributed by atoms with Crippen molar-refractivity contribution < 1.29 is 9.18 Å². The Balaban J connectivity index is 1.50. The van der Waals surface area contributed by atoms with Gasteiger partial charge in [-0.2, -0.15) is 0 Å². The Morgan fingerprint density at radius 3 is 2.62 bits per heavy atom. The molecule has 29 heavy (non-hydrogen) atoms. The number of carbonyl (C=O) groups excluding carboxylic acids is 1. The zero-order valence-electron chi connectivity index (χ0n) is 16.0. The SMILES string of the molecule is C[C@H]1C[C@](CNc2ncc(-c3cc(C(N)=O)ccn3)cn2)(c2ncccc2F)C1. The number of halogens is 1. The monoisotopic (exact) mass is 392 g/mol. The number of hydrogen-bond donors (Lipinski definition) is 2. The van der Waals surface area contributed by atoms with Crippen LogP contribution in [0.15, 0.2) is 49.1 Å². The van der Waals surface area contributed by atoms with Crippen molar-refractivity contribution in [2.75, 3.05) is 11.9 Å². The summed E-state index contributed by atoms with van der Waals surface area (Å²) in [5, 5.41) is 3.22. The lowest BCUT2D eigenvalue weighted by Crippen LogP contribution is -2.47. The van der Waals surface area contributed by atoms with Crippen molar-refractivity contribution in [1.82, 2.24) is 19.9 Å². The van der Waals surface area contributed by atoms with Gasteiger partial charge < -0.3 is 11.1 Å². The minimum Gasteiger partial charge on any atom is -0.366 e. The van der Waals surface area contributed by atoms with E-state index in [9.17, 15) is 9.18 Å². The van der Waals surface area contributed by atoms with Gasteiger partial charge in [0.1, 0.15) is 5.82 Å². The Hall–Kier alpha value is -3.42. The van der Waals surface area contributed by atoms with Gasteiger partial charge in [-0.15, -0.1) is 0 Å². The molecule has 0 aliphatic heterocycles. The Morgan fingerprint density at radius 1 is 1.21 bits per heavy atom. The van der Waals surface area contributed by atoms with Crippen LogP contribution < -0.4 is 11.1 Å². The van der Waals surface area contributed by atoms with E-state index in [1.807, 2.05) is 0 Å². The number of hydrogen-bond acceptors (Lipinski definition) is 6. The molecule has 1 saturated carbocycles. The van der Waals surface area contributed by atoms with Gasteiger partial charge in [0.25, 0.3) is 0 Å². The second-order valence-electron chi connectivity index (χ2n) is 7.57. The van der Waals surface area contributed by atoms with Crippen molar-refractivity contribution in [3.05, 3.63) is 66.1 Å². The number of amides is 1. The number of nitrogens with one attached hydrogen (secondary N) is 1. The van der Waals surface area contributed by atoms with Gasteiger partial charge in [0.15, 0.2) is 0 Å². The van der Waals surface area contributed by atoms with Gasteiger partial charge in [-0.25, -0.2) is 14.4 Å². The summed E-state index contributed by atoms with van der Waals surface area (Å²) in [6.45, 7) is 2.65. The van der Waals surface area contributed by atoms with Crippen LogP contribution in [0.2, 0.25) is 0 Å². The minimum atomic E-state index is -0.519. The van der Waals surface area contributed by atoms with Crippen LogP contribution in [0, 0.1) is 11.7 Å². The zero-order chi connectivity index (χ0) is 20.4. The van der Waals surface area contributed by atoms with E-state index in [0.29, 0.717) is 40.9 Å². The highest BCUT2D eigenvalue weighted by atomic mass is 19.1. The van der Waals surface area contributed by atoms with E-state index >= 15 is 0 Å². The van der Waals surface area contributed by atoms with Crippen molar-refractivity contribution in [2.45, 2.75) is 25.2 Å². The van der Waals surface area contributed by atoms with E-state index in [4.69, 9.17) is 5.73 Å². The molecule has 0 atom stereocenters. The van der Waals surface area contributed by atoms with Crippen LogP contribution >= 0.6 is 0 Å². The van der Waals surface area contributed by atoms with Crippen LogP contribution in [0.25, 0.3) is 11.3 Å². The number of carbonyl (C=O) groups is 1. The number of aromatic nitrogens is 4. The summed E-state index contributed by atoms with van der Waals surface area (Å²) in [4.78, 5) is 28.5. The molecule has 3 heterocycles. The molecule has 3 N–H and O–H groups in total. The Morgan fingerprint density at radius 2 is 1.97 bits per heavy atom. The maximum Gasteiger partial charge on any atom is 0.248 e. The summed E-state index contributed by atoms with van der Waals surface area (Å²) in [5.41, 5.74) is 7.05. The van der Waals surface area contributed by atoms with E-state index in [1.165, 1.54) is 12.3 Å². The first-order valence-corrected chi connectivity index (χ1v) is 9.40. The first-order chi connectivity index (χ1) is 14.0. The van der Waals surface area contributed by atoms with Crippen LogP contribution in [-0.2, 0) is 5.41 Å². The number of rotatable bonds is 6. The molecule has 148 valence electrons. The van der Waals surface area contributed by atoms with Crippen molar-refractivity contribution in [3.8, 4) is 11.3 Å². The van der Waals surface area contributed by atoms with Crippen molar-refractivity contribution in [3.63, 3.8) is 0 Å². The van der Waals surface area contributed by atoms with E-state index < -0.39 is 5.91 Å². The molecule has 0 spiro atoms. The van der Waals surface area contributed by atoms with Gasteiger partial charge in [0, 0.05) is 47.9 Å². The highest BCUT2D eigenvalue weighted by molar-refractivity contribution is 5.93. The molecule has 0 bridgehead atoms. The van der Waals surface area contributed by atoms with Crippen LogP contribution in [0.3, 0.4) is 0 Å². The Kier molecular flexibility index (Phi) is 4.92. The third-order valence-corrected chi connectivity index (χ3v) is 5.32. The number of anilines is 1. The van der Waals surface area contributed by atoms with Crippen molar-refractivity contribution in [2.24, 2.45) is 11.7 Å². The summed E-state index contributed by atoms with van der Waals surface area (Å²) in [5.74, 6) is 0.160. The summed E-state index contributed by atoms with van der Waals surface area (Å²) >= 11 is 0. The van der Waals surface area contributed by atoms with Crippen LogP contribution in [0.4, 0.5) is 10.3 Å². The zero-order valence-corrected chi connectivity index (χ0v) is 16.0. The van der Waals surface area contributed by atoms with Gasteiger partial charge in [-0.3, -0.25) is 14.8 Å². The molecule has 0 aromatic carbocycles. The molecule has 0 radical (unpaired) electrons. The highest BCUT2D eigenvalue weighted by Gasteiger charge is 2.46. The molecule has 1 aliphatic rings. The predicted molar refractivity (Wildman–Crippen MR) is 107 cm³/mol. The summed E-state index contributed by atoms with van der Waals surface area (Å²) in [6, 6.07) is 6.21. The van der Waals surface area contributed by atoms with Crippen LogP contribution in [0.5, 0.6) is 0 Å². The number of pyridine rings is 2. The molecule has 3 aromatic rings. The van der Waals surface area contributed by atoms with Gasteiger partial charge in [-0.05, 0) is 43.0 Å². The molecule has 0 unspecified atom stereocenters. The average molecular weight is 392 g/mol. The third kappa shape index (κ3) is 3.78. The highest BCUT2D eigenvalue weighted by Crippen LogP contribution is 2.47. The first-order valence-electron chi connectivity index (χ1n) is 9.40. The quantitative estimate of drug-likeness (QED) is 0.668. The van der Waals surface area contributed by atoms with Crippen LogP contribution in [-0.4, -0.2) is 32.4 Å². The fourth-order valence-corrected chi connectivity index (χ4v) is 4.01. The fourth-order valence-electron chi connectivity index (χ4n) is 4.01. The second kappa shape index (κ2) is 7.54. The second-order valence-corrected chi connectivity index (χ2v) is 7.57. The normalized spacial score (nSPS) is 20.7. The van der Waals surface area contributed by atoms with E-state index in [-0.39, 0.29) is 11.2 Å². The van der Waals surface area contributed by atoms with Gasteiger partial charge in [0.2, 0.25) is 11.9 Å². The molecule has 8 heteroatoms. The largest absolute Gasteiger partial charge is 0.366 e. The van der Waals surface area contributed by atoms with E-state index in [1.54, 1.807) is 36.8 Å². The topological polar surface area (TPSA) is 107 Å². The van der Waals surface area contributed by atoms with Crippen LogP contribution in [0.1, 0.15) is 35.8 Å². The van der Waals surface area contributed by atoms with E-state index in [0.717, 1.165) is 12.8 Å². The maximum atomic E-state index is 14.3. The lowest BCUT2D eigenvalue weighted by atomic mass is 9.60. The molecule has 4 rings (SSSR count). The van der Waals surface area contributed by atoms with Gasteiger partial charge >= 0.3 is 0 Å². The standard InChI is InChI=1S/C21H21FN6O/c1-13-8-21(9-13,18-16(22)3-2-5-25-18)12-28-20-26-10-15(11-27-20)17-7-14(19(23)29)4-6-24-17/h2-7,10-11,13H,8-9,12H2,1H3,(H2,23,29)(H,26,27,28)/t13-,21-. The molecule has 1 aliphatic carbocycles. The Labute approximate surface area is 167 Å².